The number of halogens is 2. The van der Waals surface area contributed by atoms with Crippen molar-refractivity contribution in [2.45, 2.75) is 19.3 Å². The van der Waals surface area contributed by atoms with Crippen molar-refractivity contribution in [3.05, 3.63) is 89.5 Å². The number of fused-ring (bicyclic) bond motifs is 1. The molecule has 2 amide bonds. The first-order chi connectivity index (χ1) is 17.2. The van der Waals surface area contributed by atoms with E-state index in [0.29, 0.717) is 34.8 Å². The number of carbonyl (C=O) groups excluding carboxylic acids is 2. The molecular formula is C28H28F2N4O2. The van der Waals surface area contributed by atoms with Crippen LogP contribution >= 0.6 is 0 Å². The van der Waals surface area contributed by atoms with Crippen molar-refractivity contribution < 1.29 is 18.4 Å². The zero-order chi connectivity index (χ0) is 25.8. The smallest absolute Gasteiger partial charge is 0.238 e. The molecule has 186 valence electrons. The second-order valence-corrected chi connectivity index (χ2v) is 9.01. The van der Waals surface area contributed by atoms with Crippen LogP contribution in [0.4, 0.5) is 25.8 Å². The van der Waals surface area contributed by atoms with Crippen molar-refractivity contribution in [3.63, 3.8) is 0 Å². The summed E-state index contributed by atoms with van der Waals surface area (Å²) in [5.41, 5.74) is 3.03. The van der Waals surface area contributed by atoms with Crippen molar-refractivity contribution in [2.75, 3.05) is 37.4 Å². The quantitative estimate of drug-likeness (QED) is 0.446. The van der Waals surface area contributed by atoms with E-state index in [9.17, 15) is 18.4 Å². The monoisotopic (exact) mass is 490 g/mol. The summed E-state index contributed by atoms with van der Waals surface area (Å²) in [6.07, 6.45) is 0.826. The molecule has 0 radical (unpaired) electrons. The SMILES string of the molecule is CC(=O)N(CCCN(C)C)c1ccc(N=C(c2cccc(F)c2)C2C(=O)Nc3cc(F)ccc32)cc1. The van der Waals surface area contributed by atoms with Gasteiger partial charge in [0.05, 0.1) is 11.4 Å². The van der Waals surface area contributed by atoms with E-state index < -0.39 is 17.6 Å². The van der Waals surface area contributed by atoms with Crippen LogP contribution in [0.25, 0.3) is 0 Å². The number of hydrogen-bond donors (Lipinski definition) is 1. The molecule has 1 aliphatic rings. The standard InChI is InChI=1S/C28H28F2N4O2/c1-18(35)34(15-5-14-33(2)3)23-11-9-22(10-12-23)31-27(19-6-4-7-20(29)16-19)26-24-13-8-21(30)17-25(24)32-28(26)36/h4,6-13,16-17,26H,5,14-15H2,1-3H3,(H,32,36). The van der Waals surface area contributed by atoms with Crippen LogP contribution in [0.5, 0.6) is 0 Å². The summed E-state index contributed by atoms with van der Waals surface area (Å²) in [5, 5.41) is 2.70. The van der Waals surface area contributed by atoms with Crippen LogP contribution in [0, 0.1) is 11.6 Å². The van der Waals surface area contributed by atoms with Crippen molar-refractivity contribution >= 4 is 34.6 Å². The molecule has 4 rings (SSSR count). The highest BCUT2D eigenvalue weighted by molar-refractivity contribution is 6.24. The van der Waals surface area contributed by atoms with Gasteiger partial charge < -0.3 is 15.1 Å². The van der Waals surface area contributed by atoms with Gasteiger partial charge in [0.2, 0.25) is 11.8 Å². The average molecular weight is 491 g/mol. The number of nitrogens with one attached hydrogen (secondary N) is 1. The zero-order valence-corrected chi connectivity index (χ0v) is 20.5. The molecule has 0 bridgehead atoms. The molecule has 0 aromatic heterocycles. The van der Waals surface area contributed by atoms with E-state index in [4.69, 9.17) is 4.99 Å². The fourth-order valence-electron chi connectivity index (χ4n) is 4.31. The molecule has 36 heavy (non-hydrogen) atoms. The van der Waals surface area contributed by atoms with Gasteiger partial charge in [0.15, 0.2) is 0 Å². The minimum absolute atomic E-state index is 0.0584. The van der Waals surface area contributed by atoms with Crippen LogP contribution in [0.15, 0.2) is 71.7 Å². The summed E-state index contributed by atoms with van der Waals surface area (Å²) in [6, 6.07) is 17.1. The lowest BCUT2D eigenvalue weighted by Crippen LogP contribution is -2.31. The third kappa shape index (κ3) is 5.66. The van der Waals surface area contributed by atoms with Gasteiger partial charge in [0.1, 0.15) is 17.6 Å². The number of aliphatic imine (C=N–C) groups is 1. The lowest BCUT2D eigenvalue weighted by Gasteiger charge is -2.22. The number of benzene rings is 3. The molecule has 1 N–H and O–H groups in total. The highest BCUT2D eigenvalue weighted by atomic mass is 19.1. The first-order valence-corrected chi connectivity index (χ1v) is 11.7. The van der Waals surface area contributed by atoms with Crippen molar-refractivity contribution in [3.8, 4) is 0 Å². The number of nitrogens with zero attached hydrogens (tertiary/aromatic N) is 3. The topological polar surface area (TPSA) is 65.0 Å². The van der Waals surface area contributed by atoms with Crippen molar-refractivity contribution in [1.29, 1.82) is 0 Å². The molecule has 3 aromatic rings. The molecule has 3 aromatic carbocycles. The van der Waals surface area contributed by atoms with Gasteiger partial charge >= 0.3 is 0 Å². The number of carbonyl (C=O) groups is 2. The maximum absolute atomic E-state index is 14.1. The Balaban J connectivity index is 1.70. The van der Waals surface area contributed by atoms with Gasteiger partial charge in [0.25, 0.3) is 0 Å². The Morgan fingerprint density at radius 1 is 0.972 bits per heavy atom. The summed E-state index contributed by atoms with van der Waals surface area (Å²) in [6.45, 7) is 2.97. The zero-order valence-electron chi connectivity index (χ0n) is 20.5. The molecular weight excluding hydrogens is 462 g/mol. The number of rotatable bonds is 8. The largest absolute Gasteiger partial charge is 0.325 e. The van der Waals surface area contributed by atoms with E-state index in [-0.39, 0.29) is 11.8 Å². The fraction of sp³-hybridized carbons (Fsp3) is 0.250. The van der Waals surface area contributed by atoms with E-state index in [1.807, 2.05) is 14.1 Å². The molecule has 0 saturated carbocycles. The molecule has 0 spiro atoms. The van der Waals surface area contributed by atoms with Gasteiger partial charge in [-0.05, 0) is 81.2 Å². The van der Waals surface area contributed by atoms with Gasteiger partial charge in [-0.1, -0.05) is 18.2 Å². The van der Waals surface area contributed by atoms with Crippen LogP contribution in [0.1, 0.15) is 30.4 Å². The highest BCUT2D eigenvalue weighted by Gasteiger charge is 2.35. The molecule has 8 heteroatoms. The molecule has 6 nitrogen and oxygen atoms in total. The third-order valence-corrected chi connectivity index (χ3v) is 6.02. The van der Waals surface area contributed by atoms with Gasteiger partial charge in [-0.25, -0.2) is 8.78 Å². The molecule has 0 saturated heterocycles. The Bertz CT molecular complexity index is 1310. The lowest BCUT2D eigenvalue weighted by atomic mass is 9.90. The molecule has 1 atom stereocenters. The van der Waals surface area contributed by atoms with Crippen molar-refractivity contribution in [2.24, 2.45) is 4.99 Å². The molecule has 1 heterocycles. The number of anilines is 2. The fourth-order valence-corrected chi connectivity index (χ4v) is 4.31. The summed E-state index contributed by atoms with van der Waals surface area (Å²) in [5.74, 6) is -2.17. The van der Waals surface area contributed by atoms with Gasteiger partial charge in [-0.2, -0.15) is 0 Å². The Kier molecular flexibility index (Phi) is 7.55. The third-order valence-electron chi connectivity index (χ3n) is 6.02. The maximum Gasteiger partial charge on any atom is 0.238 e. The maximum atomic E-state index is 14.1. The molecule has 1 aliphatic heterocycles. The van der Waals surface area contributed by atoms with E-state index in [2.05, 4.69) is 10.2 Å². The van der Waals surface area contributed by atoms with E-state index >= 15 is 0 Å². The first-order valence-electron chi connectivity index (χ1n) is 11.7. The summed E-state index contributed by atoms with van der Waals surface area (Å²) in [7, 11) is 3.97. The molecule has 0 aliphatic carbocycles. The van der Waals surface area contributed by atoms with E-state index in [1.165, 1.54) is 31.2 Å². The first kappa shape index (κ1) is 25.2. The number of hydrogen-bond acceptors (Lipinski definition) is 4. The van der Waals surface area contributed by atoms with E-state index in [0.717, 1.165) is 18.7 Å². The Hall–Kier alpha value is -3.91. The van der Waals surface area contributed by atoms with Crippen LogP contribution in [-0.4, -0.2) is 49.6 Å². The Morgan fingerprint density at radius 2 is 1.69 bits per heavy atom. The number of amides is 2. The Morgan fingerprint density at radius 3 is 2.36 bits per heavy atom. The van der Waals surface area contributed by atoms with Crippen molar-refractivity contribution in [1.82, 2.24) is 4.90 Å². The van der Waals surface area contributed by atoms with Crippen LogP contribution in [0.2, 0.25) is 0 Å². The van der Waals surface area contributed by atoms with Gasteiger partial charge in [-0.3, -0.25) is 14.6 Å². The lowest BCUT2D eigenvalue weighted by molar-refractivity contribution is -0.117. The highest BCUT2D eigenvalue weighted by Crippen LogP contribution is 2.37. The molecule has 0 fully saturated rings. The van der Waals surface area contributed by atoms with Gasteiger partial charge in [0, 0.05) is 30.4 Å². The summed E-state index contributed by atoms with van der Waals surface area (Å²) < 4.78 is 27.9. The summed E-state index contributed by atoms with van der Waals surface area (Å²) >= 11 is 0. The summed E-state index contributed by atoms with van der Waals surface area (Å²) in [4.78, 5) is 33.7. The van der Waals surface area contributed by atoms with E-state index in [1.54, 1.807) is 47.4 Å². The predicted octanol–water partition coefficient (Wildman–Crippen LogP) is 5.13. The Labute approximate surface area is 209 Å². The minimum atomic E-state index is -0.832. The predicted molar refractivity (Wildman–Crippen MR) is 138 cm³/mol. The van der Waals surface area contributed by atoms with Crippen LogP contribution in [0.3, 0.4) is 0 Å². The minimum Gasteiger partial charge on any atom is -0.325 e. The normalized spacial score (nSPS) is 15.1. The second-order valence-electron chi connectivity index (χ2n) is 9.01. The average Bonchev–Trinajstić information content (AvgIpc) is 3.15. The second kappa shape index (κ2) is 10.8. The van der Waals surface area contributed by atoms with Crippen LogP contribution in [-0.2, 0) is 9.59 Å². The van der Waals surface area contributed by atoms with Gasteiger partial charge in [-0.15, -0.1) is 0 Å². The van der Waals surface area contributed by atoms with Crippen LogP contribution < -0.4 is 10.2 Å². The molecule has 1 unspecified atom stereocenters.